The van der Waals surface area contributed by atoms with Gasteiger partial charge in [-0.1, -0.05) is 30.4 Å². The van der Waals surface area contributed by atoms with Crippen molar-refractivity contribution < 1.29 is 24.1 Å². The third kappa shape index (κ3) is 4.58. The number of ether oxygens (including phenoxy) is 3. The van der Waals surface area contributed by atoms with Crippen molar-refractivity contribution >= 4 is 5.97 Å². The molecule has 1 aromatic carbocycles. The maximum atomic E-state index is 10.6. The van der Waals surface area contributed by atoms with Crippen LogP contribution in [0.5, 0.6) is 5.75 Å². The number of aliphatic carboxylic acids is 1. The van der Waals surface area contributed by atoms with Gasteiger partial charge in [0.1, 0.15) is 11.4 Å². The molecule has 1 N–H and O–H groups in total. The second-order valence-corrected chi connectivity index (χ2v) is 6.40. The number of rotatable bonds is 7. The Kier molecular flexibility index (Phi) is 6.02. The van der Waals surface area contributed by atoms with Gasteiger partial charge in [-0.2, -0.15) is 0 Å². The predicted molar refractivity (Wildman–Crippen MR) is 91.0 cm³/mol. The number of allylic oxidation sites excluding steroid dienone is 1. The number of carbonyl (C=O) groups is 1. The summed E-state index contributed by atoms with van der Waals surface area (Å²) in [5.74, 6) is -0.690. The normalized spacial score (nSPS) is 23.3. The molecule has 24 heavy (non-hydrogen) atoms. The zero-order valence-electron chi connectivity index (χ0n) is 14.6. The van der Waals surface area contributed by atoms with E-state index in [0.717, 1.165) is 11.3 Å². The van der Waals surface area contributed by atoms with Gasteiger partial charge in [0.2, 0.25) is 0 Å². The first-order valence-electron chi connectivity index (χ1n) is 8.23. The van der Waals surface area contributed by atoms with Gasteiger partial charge in [0, 0.05) is 18.4 Å². The van der Waals surface area contributed by atoms with Crippen LogP contribution in [0.3, 0.4) is 0 Å². The topological polar surface area (TPSA) is 65.0 Å². The van der Waals surface area contributed by atoms with Crippen LogP contribution in [0.4, 0.5) is 0 Å². The van der Waals surface area contributed by atoms with Gasteiger partial charge in [0.05, 0.1) is 13.7 Å². The first-order chi connectivity index (χ1) is 11.4. The summed E-state index contributed by atoms with van der Waals surface area (Å²) in [6.45, 7) is 4.41. The largest absolute Gasteiger partial charge is 0.496 e. The second-order valence-electron chi connectivity index (χ2n) is 6.40. The number of methoxy groups -OCH3 is 1. The highest BCUT2D eigenvalue weighted by atomic mass is 16.7. The first kappa shape index (κ1) is 18.5. The van der Waals surface area contributed by atoms with E-state index in [2.05, 4.69) is 0 Å². The molecule has 1 unspecified atom stereocenters. The van der Waals surface area contributed by atoms with E-state index in [-0.39, 0.29) is 6.42 Å². The summed E-state index contributed by atoms with van der Waals surface area (Å²) in [7, 11) is 1.65. The van der Waals surface area contributed by atoms with Crippen LogP contribution in [0.25, 0.3) is 0 Å². The van der Waals surface area contributed by atoms with Crippen LogP contribution in [-0.4, -0.2) is 30.6 Å². The Hall–Kier alpha value is -1.85. The average Bonchev–Trinajstić information content (AvgIpc) is 2.53. The van der Waals surface area contributed by atoms with Gasteiger partial charge in [-0.15, -0.1) is 0 Å². The van der Waals surface area contributed by atoms with Crippen LogP contribution < -0.4 is 4.74 Å². The number of carboxylic acid groups (broad SMARTS) is 1. The van der Waals surface area contributed by atoms with E-state index in [1.165, 1.54) is 0 Å². The van der Waals surface area contributed by atoms with E-state index in [1.54, 1.807) is 7.11 Å². The molecule has 0 aliphatic carbocycles. The number of para-hydroxylation sites is 1. The first-order valence-corrected chi connectivity index (χ1v) is 8.23. The van der Waals surface area contributed by atoms with Crippen LogP contribution in [0.15, 0.2) is 36.4 Å². The zero-order chi connectivity index (χ0) is 17.6. The summed E-state index contributed by atoms with van der Waals surface area (Å²) >= 11 is 0. The third-order valence-electron chi connectivity index (χ3n) is 4.13. The molecule has 1 aromatic rings. The van der Waals surface area contributed by atoms with Gasteiger partial charge in [-0.25, -0.2) is 0 Å². The average molecular weight is 334 g/mol. The minimum atomic E-state index is -0.789. The van der Waals surface area contributed by atoms with Crippen LogP contribution in [0, 0.1) is 0 Å². The molecule has 132 valence electrons. The summed E-state index contributed by atoms with van der Waals surface area (Å²) in [4.78, 5) is 10.6. The molecule has 1 saturated heterocycles. The SMILES string of the molecule is COc1ccccc1C1(CC=CCCC(=O)O)CCOC(C)(C)O1. The predicted octanol–water partition coefficient (Wildman–Crippen LogP) is 3.87. The van der Waals surface area contributed by atoms with E-state index in [4.69, 9.17) is 19.3 Å². The van der Waals surface area contributed by atoms with E-state index in [1.807, 2.05) is 50.3 Å². The Morgan fingerprint density at radius 3 is 2.75 bits per heavy atom. The van der Waals surface area contributed by atoms with E-state index in [9.17, 15) is 4.79 Å². The van der Waals surface area contributed by atoms with Gasteiger partial charge in [-0.05, 0) is 32.8 Å². The van der Waals surface area contributed by atoms with Gasteiger partial charge in [0.15, 0.2) is 5.79 Å². The highest BCUT2D eigenvalue weighted by Crippen LogP contribution is 2.45. The number of hydrogen-bond acceptors (Lipinski definition) is 4. The van der Waals surface area contributed by atoms with E-state index >= 15 is 0 Å². The molecule has 1 aliphatic rings. The molecule has 1 heterocycles. The monoisotopic (exact) mass is 334 g/mol. The highest BCUT2D eigenvalue weighted by molar-refractivity contribution is 5.66. The molecule has 5 nitrogen and oxygen atoms in total. The molecule has 0 aromatic heterocycles. The van der Waals surface area contributed by atoms with Gasteiger partial charge in [0.25, 0.3) is 0 Å². The molecule has 5 heteroatoms. The van der Waals surface area contributed by atoms with Crippen molar-refractivity contribution in [2.45, 2.75) is 50.9 Å². The fraction of sp³-hybridized carbons (Fsp3) is 0.526. The summed E-state index contributed by atoms with van der Waals surface area (Å²) in [6, 6.07) is 7.85. The standard InChI is InChI=1S/C19H26O5/c1-18(2)23-14-13-19(24-18,12-8-4-5-11-17(20)21)15-9-6-7-10-16(15)22-3/h4,6-10H,5,11-14H2,1-3H3,(H,20,21). The van der Waals surface area contributed by atoms with Crippen molar-refractivity contribution in [3.63, 3.8) is 0 Å². The lowest BCUT2D eigenvalue weighted by Crippen LogP contribution is -2.46. The van der Waals surface area contributed by atoms with Crippen LogP contribution in [-0.2, 0) is 19.9 Å². The van der Waals surface area contributed by atoms with Gasteiger partial charge in [-0.3, -0.25) is 4.79 Å². The van der Waals surface area contributed by atoms with E-state index < -0.39 is 17.4 Å². The van der Waals surface area contributed by atoms with Crippen molar-refractivity contribution in [2.24, 2.45) is 0 Å². The summed E-state index contributed by atoms with van der Waals surface area (Å²) in [5.41, 5.74) is 0.445. The lowest BCUT2D eigenvalue weighted by Gasteiger charge is -2.45. The molecular formula is C19H26O5. The van der Waals surface area contributed by atoms with E-state index in [0.29, 0.717) is 25.9 Å². The Morgan fingerprint density at radius 2 is 2.08 bits per heavy atom. The number of benzene rings is 1. The fourth-order valence-corrected chi connectivity index (χ4v) is 3.08. The van der Waals surface area contributed by atoms with Crippen LogP contribution in [0.2, 0.25) is 0 Å². The smallest absolute Gasteiger partial charge is 0.303 e. The van der Waals surface area contributed by atoms with Crippen molar-refractivity contribution in [3.8, 4) is 5.75 Å². The third-order valence-corrected chi connectivity index (χ3v) is 4.13. The lowest BCUT2D eigenvalue weighted by molar-refractivity contribution is -0.315. The minimum absolute atomic E-state index is 0.133. The molecule has 1 atom stereocenters. The minimum Gasteiger partial charge on any atom is -0.496 e. The molecule has 1 aliphatic heterocycles. The molecule has 0 saturated carbocycles. The molecule has 0 bridgehead atoms. The van der Waals surface area contributed by atoms with Crippen molar-refractivity contribution in [1.82, 2.24) is 0 Å². The Balaban J connectivity index is 2.27. The summed E-state index contributed by atoms with van der Waals surface area (Å²) < 4.78 is 17.6. The fourth-order valence-electron chi connectivity index (χ4n) is 3.08. The Morgan fingerprint density at radius 1 is 1.33 bits per heavy atom. The zero-order valence-corrected chi connectivity index (χ0v) is 14.6. The Labute approximate surface area is 143 Å². The molecule has 2 rings (SSSR count). The van der Waals surface area contributed by atoms with Crippen LogP contribution >= 0.6 is 0 Å². The van der Waals surface area contributed by atoms with Crippen molar-refractivity contribution in [1.29, 1.82) is 0 Å². The van der Waals surface area contributed by atoms with Gasteiger partial charge >= 0.3 is 5.97 Å². The highest BCUT2D eigenvalue weighted by Gasteiger charge is 2.43. The van der Waals surface area contributed by atoms with Crippen molar-refractivity contribution in [2.75, 3.05) is 13.7 Å². The quantitative estimate of drug-likeness (QED) is 0.767. The van der Waals surface area contributed by atoms with Crippen LogP contribution in [0.1, 0.15) is 45.1 Å². The lowest BCUT2D eigenvalue weighted by atomic mass is 9.85. The maximum absolute atomic E-state index is 10.6. The Bertz CT molecular complexity index is 593. The molecule has 0 radical (unpaired) electrons. The second kappa shape index (κ2) is 7.81. The van der Waals surface area contributed by atoms with Gasteiger partial charge < -0.3 is 19.3 Å². The molecule has 0 spiro atoms. The molecular weight excluding hydrogens is 308 g/mol. The molecule has 1 fully saturated rings. The maximum Gasteiger partial charge on any atom is 0.303 e. The summed E-state index contributed by atoms with van der Waals surface area (Å²) in [6.07, 6.45) is 5.89. The molecule has 0 amide bonds. The number of carboxylic acids is 1. The van der Waals surface area contributed by atoms with Crippen molar-refractivity contribution in [3.05, 3.63) is 42.0 Å². The summed E-state index contributed by atoms with van der Waals surface area (Å²) in [5, 5.41) is 8.74. The number of hydrogen-bond donors (Lipinski definition) is 1.